The average Bonchev–Trinajstić information content (AvgIpc) is 3.52. The number of hydrogen-bond acceptors (Lipinski definition) is 3. The number of amides is 1. The van der Waals surface area contributed by atoms with Gasteiger partial charge in [-0.05, 0) is 43.2 Å². The van der Waals surface area contributed by atoms with Crippen molar-refractivity contribution in [3.05, 3.63) is 60.3 Å². The van der Waals surface area contributed by atoms with E-state index < -0.39 is 17.8 Å². The zero-order valence-electron chi connectivity index (χ0n) is 16.9. The Labute approximate surface area is 178 Å². The van der Waals surface area contributed by atoms with Crippen LogP contribution in [0, 0.1) is 0 Å². The first-order valence-electron chi connectivity index (χ1n) is 10.5. The summed E-state index contributed by atoms with van der Waals surface area (Å²) >= 11 is 0. The second-order valence-corrected chi connectivity index (χ2v) is 8.16. The molecule has 2 aliphatic rings. The molecule has 5 nitrogen and oxygen atoms in total. The number of hydrogen-bond donors (Lipinski definition) is 1. The molecular weight excluding hydrogens is 405 g/mol. The second-order valence-electron chi connectivity index (χ2n) is 8.16. The molecule has 0 unspecified atom stereocenters. The zero-order valence-corrected chi connectivity index (χ0v) is 16.9. The summed E-state index contributed by atoms with van der Waals surface area (Å²) in [5.74, 6) is 0. The Hall–Kier alpha value is -3.00. The number of piperazine rings is 1. The average molecular weight is 428 g/mol. The van der Waals surface area contributed by atoms with E-state index in [1.54, 1.807) is 29.3 Å². The smallest absolute Gasteiger partial charge is 0.368 e. The fraction of sp³-hybridized carbons (Fsp3) is 0.348. The van der Waals surface area contributed by atoms with E-state index in [0.29, 0.717) is 24.6 Å². The van der Waals surface area contributed by atoms with Crippen LogP contribution < -0.4 is 10.2 Å². The van der Waals surface area contributed by atoms with Crippen molar-refractivity contribution < 1.29 is 18.0 Å². The van der Waals surface area contributed by atoms with Gasteiger partial charge in [-0.25, -0.2) is 4.79 Å². The van der Waals surface area contributed by atoms with Gasteiger partial charge >= 0.3 is 12.2 Å². The molecule has 0 atom stereocenters. The minimum Gasteiger partial charge on any atom is -0.368 e. The SMILES string of the molecule is O=C(Nc1ccc(N2CCN(C3CC3)CC2)c(C(F)(F)F)c1)n1ccc2ccccc21. The molecule has 2 heterocycles. The summed E-state index contributed by atoms with van der Waals surface area (Å²) in [6.07, 6.45) is -0.514. The maximum absolute atomic E-state index is 13.9. The van der Waals surface area contributed by atoms with Crippen LogP contribution in [0.25, 0.3) is 10.9 Å². The number of aromatic nitrogens is 1. The van der Waals surface area contributed by atoms with Crippen LogP contribution in [-0.4, -0.2) is 47.7 Å². The van der Waals surface area contributed by atoms with Gasteiger partial charge < -0.3 is 10.2 Å². The molecule has 5 rings (SSSR count). The van der Waals surface area contributed by atoms with Gasteiger partial charge in [0, 0.05) is 55.2 Å². The number of carbonyl (C=O) groups excluding carboxylic acids is 1. The van der Waals surface area contributed by atoms with E-state index in [-0.39, 0.29) is 11.4 Å². The molecule has 2 aromatic carbocycles. The predicted molar refractivity (Wildman–Crippen MR) is 115 cm³/mol. The van der Waals surface area contributed by atoms with Gasteiger partial charge in [-0.15, -0.1) is 0 Å². The molecule has 0 bridgehead atoms. The van der Waals surface area contributed by atoms with Crippen molar-refractivity contribution >= 4 is 28.3 Å². The maximum atomic E-state index is 13.9. The van der Waals surface area contributed by atoms with Crippen molar-refractivity contribution in [2.75, 3.05) is 36.4 Å². The van der Waals surface area contributed by atoms with Crippen molar-refractivity contribution in [3.63, 3.8) is 0 Å². The number of para-hydroxylation sites is 1. The lowest BCUT2D eigenvalue weighted by Gasteiger charge is -2.37. The summed E-state index contributed by atoms with van der Waals surface area (Å²) in [7, 11) is 0. The monoisotopic (exact) mass is 428 g/mol. The van der Waals surface area contributed by atoms with Crippen molar-refractivity contribution in [1.82, 2.24) is 9.47 Å². The summed E-state index contributed by atoms with van der Waals surface area (Å²) < 4.78 is 43.0. The highest BCUT2D eigenvalue weighted by atomic mass is 19.4. The summed E-state index contributed by atoms with van der Waals surface area (Å²) in [4.78, 5) is 16.9. The molecule has 0 radical (unpaired) electrons. The minimum absolute atomic E-state index is 0.121. The van der Waals surface area contributed by atoms with Crippen LogP contribution in [0.3, 0.4) is 0 Å². The van der Waals surface area contributed by atoms with Gasteiger partial charge in [-0.3, -0.25) is 9.47 Å². The first-order valence-corrected chi connectivity index (χ1v) is 10.5. The molecule has 1 aliphatic carbocycles. The summed E-state index contributed by atoms with van der Waals surface area (Å²) in [6.45, 7) is 2.70. The van der Waals surface area contributed by atoms with Crippen molar-refractivity contribution in [3.8, 4) is 0 Å². The summed E-state index contributed by atoms with van der Waals surface area (Å²) in [5, 5.41) is 3.49. The molecule has 1 aliphatic heterocycles. The van der Waals surface area contributed by atoms with Crippen molar-refractivity contribution in [1.29, 1.82) is 0 Å². The van der Waals surface area contributed by atoms with Gasteiger partial charge in [0.25, 0.3) is 0 Å². The summed E-state index contributed by atoms with van der Waals surface area (Å²) in [5.41, 5.74) is 0.270. The van der Waals surface area contributed by atoms with E-state index >= 15 is 0 Å². The Kier molecular flexibility index (Phi) is 4.89. The van der Waals surface area contributed by atoms with E-state index in [9.17, 15) is 18.0 Å². The lowest BCUT2D eigenvalue weighted by Crippen LogP contribution is -2.47. The second kappa shape index (κ2) is 7.60. The molecule has 2 fully saturated rings. The lowest BCUT2D eigenvalue weighted by atomic mass is 10.1. The molecular formula is C23H23F3N4O. The molecule has 1 saturated carbocycles. The van der Waals surface area contributed by atoms with Gasteiger partial charge in [-0.1, -0.05) is 18.2 Å². The van der Waals surface area contributed by atoms with Gasteiger partial charge in [0.2, 0.25) is 0 Å². The number of halogens is 3. The third kappa shape index (κ3) is 3.99. The number of fused-ring (bicyclic) bond motifs is 1. The van der Waals surface area contributed by atoms with Crippen molar-refractivity contribution in [2.45, 2.75) is 25.1 Å². The topological polar surface area (TPSA) is 40.5 Å². The highest BCUT2D eigenvalue weighted by molar-refractivity contribution is 5.98. The number of nitrogens with one attached hydrogen (secondary N) is 1. The van der Waals surface area contributed by atoms with Crippen LogP contribution >= 0.6 is 0 Å². The highest BCUT2D eigenvalue weighted by Crippen LogP contribution is 2.39. The van der Waals surface area contributed by atoms with Gasteiger partial charge in [0.05, 0.1) is 11.1 Å². The molecule has 162 valence electrons. The molecule has 3 aromatic rings. The predicted octanol–water partition coefficient (Wildman–Crippen LogP) is 5.02. The van der Waals surface area contributed by atoms with Crippen LogP contribution in [0.15, 0.2) is 54.7 Å². The largest absolute Gasteiger partial charge is 0.418 e. The fourth-order valence-corrected chi connectivity index (χ4v) is 4.33. The first-order chi connectivity index (χ1) is 14.9. The Morgan fingerprint density at radius 3 is 2.42 bits per heavy atom. The number of carbonyl (C=O) groups is 1. The maximum Gasteiger partial charge on any atom is 0.418 e. The van der Waals surface area contributed by atoms with Crippen LogP contribution in [0.2, 0.25) is 0 Å². The number of alkyl halides is 3. The normalized spacial score (nSPS) is 17.8. The van der Waals surface area contributed by atoms with E-state index in [2.05, 4.69) is 10.2 Å². The van der Waals surface area contributed by atoms with Gasteiger partial charge in [-0.2, -0.15) is 13.2 Å². The van der Waals surface area contributed by atoms with E-state index in [0.717, 1.165) is 24.5 Å². The quantitative estimate of drug-likeness (QED) is 0.637. The fourth-order valence-electron chi connectivity index (χ4n) is 4.33. The van der Waals surface area contributed by atoms with Gasteiger partial charge in [0.15, 0.2) is 0 Å². The van der Waals surface area contributed by atoms with Gasteiger partial charge in [0.1, 0.15) is 0 Å². The van der Waals surface area contributed by atoms with Crippen LogP contribution in [-0.2, 0) is 6.18 Å². The van der Waals surface area contributed by atoms with Crippen LogP contribution in [0.5, 0.6) is 0 Å². The van der Waals surface area contributed by atoms with Crippen molar-refractivity contribution in [2.24, 2.45) is 0 Å². The number of rotatable bonds is 3. The number of nitrogens with zero attached hydrogens (tertiary/aromatic N) is 3. The zero-order chi connectivity index (χ0) is 21.6. The number of anilines is 2. The molecule has 1 aromatic heterocycles. The summed E-state index contributed by atoms with van der Waals surface area (Å²) in [6, 6.07) is 13.3. The molecule has 8 heteroatoms. The van der Waals surface area contributed by atoms with E-state index in [1.807, 2.05) is 18.2 Å². The molecule has 1 amide bonds. The molecule has 31 heavy (non-hydrogen) atoms. The lowest BCUT2D eigenvalue weighted by molar-refractivity contribution is -0.137. The number of benzene rings is 2. The third-order valence-corrected chi connectivity index (χ3v) is 6.09. The van der Waals surface area contributed by atoms with Crippen LogP contribution in [0.1, 0.15) is 18.4 Å². The Bertz CT molecular complexity index is 1110. The van der Waals surface area contributed by atoms with E-state index in [1.165, 1.54) is 23.5 Å². The van der Waals surface area contributed by atoms with Crippen LogP contribution in [0.4, 0.5) is 29.3 Å². The standard InChI is InChI=1S/C23H23F3N4O/c24-23(25,26)19-15-17(27-22(31)30-10-9-16-3-1-2-4-20(16)30)5-8-21(19)29-13-11-28(12-14-29)18-6-7-18/h1-5,8-10,15,18H,6-7,11-14H2,(H,27,31). The Balaban J connectivity index is 1.38. The third-order valence-electron chi connectivity index (χ3n) is 6.09. The molecule has 0 spiro atoms. The Morgan fingerprint density at radius 2 is 1.71 bits per heavy atom. The minimum atomic E-state index is -4.51. The molecule has 1 saturated heterocycles. The molecule has 1 N–H and O–H groups in total. The van der Waals surface area contributed by atoms with E-state index in [4.69, 9.17) is 0 Å². The Morgan fingerprint density at radius 1 is 0.968 bits per heavy atom. The first kappa shape index (κ1) is 19.9. The highest BCUT2D eigenvalue weighted by Gasteiger charge is 2.37.